The Morgan fingerprint density at radius 2 is 2.19 bits per heavy atom. The van der Waals surface area contributed by atoms with Crippen LogP contribution in [-0.2, 0) is 7.05 Å². The third kappa shape index (κ3) is 1.92. The number of hydrogen-bond acceptors (Lipinski definition) is 4. The van der Waals surface area contributed by atoms with Gasteiger partial charge in [0, 0.05) is 18.8 Å². The number of aromatic nitrogens is 5. The Morgan fingerprint density at radius 3 is 2.76 bits per heavy atom. The second-order valence-electron chi connectivity index (χ2n) is 5.18. The minimum atomic E-state index is -0.221. The SMILES string of the molecule is CC(C)c1c(-c2ccn(C)n2)[nH]c2c(C#N)cnn2c1=O. The summed E-state index contributed by atoms with van der Waals surface area (Å²) in [5.41, 5.74) is 2.42. The molecule has 7 heteroatoms. The van der Waals surface area contributed by atoms with Crippen molar-refractivity contribution in [3.63, 3.8) is 0 Å². The number of nitriles is 1. The van der Waals surface area contributed by atoms with E-state index in [1.54, 1.807) is 4.68 Å². The summed E-state index contributed by atoms with van der Waals surface area (Å²) in [6, 6.07) is 3.86. The van der Waals surface area contributed by atoms with Gasteiger partial charge in [0.1, 0.15) is 17.3 Å². The average molecular weight is 282 g/mol. The molecule has 106 valence electrons. The van der Waals surface area contributed by atoms with Crippen molar-refractivity contribution in [2.24, 2.45) is 7.05 Å². The van der Waals surface area contributed by atoms with Crippen LogP contribution in [-0.4, -0.2) is 24.4 Å². The molecule has 3 aromatic rings. The molecule has 0 fully saturated rings. The number of nitrogens with zero attached hydrogens (tertiary/aromatic N) is 5. The summed E-state index contributed by atoms with van der Waals surface area (Å²) >= 11 is 0. The number of H-pyrrole nitrogens is 1. The van der Waals surface area contributed by atoms with E-state index in [0.717, 1.165) is 0 Å². The summed E-state index contributed by atoms with van der Waals surface area (Å²) in [6.07, 6.45) is 3.20. The molecule has 0 spiro atoms. The van der Waals surface area contributed by atoms with Gasteiger partial charge in [-0.25, -0.2) is 0 Å². The molecule has 0 bridgehead atoms. The van der Waals surface area contributed by atoms with Gasteiger partial charge in [0.25, 0.3) is 5.56 Å². The minimum absolute atomic E-state index is 0.00453. The first-order valence-corrected chi connectivity index (χ1v) is 6.57. The molecule has 0 amide bonds. The van der Waals surface area contributed by atoms with Gasteiger partial charge in [-0.3, -0.25) is 9.48 Å². The number of nitrogens with one attached hydrogen (secondary N) is 1. The van der Waals surface area contributed by atoms with Crippen molar-refractivity contribution in [1.29, 1.82) is 5.26 Å². The highest BCUT2D eigenvalue weighted by Crippen LogP contribution is 2.24. The van der Waals surface area contributed by atoms with Crippen LogP contribution in [0.15, 0.2) is 23.3 Å². The summed E-state index contributed by atoms with van der Waals surface area (Å²) in [5.74, 6) is 0.00453. The normalized spacial score (nSPS) is 11.2. The van der Waals surface area contributed by atoms with Crippen LogP contribution < -0.4 is 5.56 Å². The molecule has 3 aromatic heterocycles. The lowest BCUT2D eigenvalue weighted by Crippen LogP contribution is -2.22. The van der Waals surface area contributed by atoms with Gasteiger partial charge in [0.05, 0.1) is 11.9 Å². The van der Waals surface area contributed by atoms with E-state index in [2.05, 4.69) is 15.2 Å². The standard InChI is InChI=1S/C14H14N6O/c1-8(2)11-12(10-4-5-19(3)18-10)17-13-9(6-15)7-16-20(13)14(11)21/h4-5,7-8,17H,1-3H3. The highest BCUT2D eigenvalue weighted by molar-refractivity contribution is 5.65. The first kappa shape index (κ1) is 13.1. The Morgan fingerprint density at radius 1 is 1.43 bits per heavy atom. The molecule has 0 aliphatic heterocycles. The van der Waals surface area contributed by atoms with E-state index in [0.29, 0.717) is 28.2 Å². The Labute approximate surface area is 120 Å². The fraction of sp³-hybridized carbons (Fsp3) is 0.286. The molecule has 0 aromatic carbocycles. The molecular weight excluding hydrogens is 268 g/mol. The van der Waals surface area contributed by atoms with Crippen LogP contribution >= 0.6 is 0 Å². The largest absolute Gasteiger partial charge is 0.337 e. The third-order valence-electron chi connectivity index (χ3n) is 3.37. The second-order valence-corrected chi connectivity index (χ2v) is 5.18. The van der Waals surface area contributed by atoms with Crippen LogP contribution in [0.5, 0.6) is 0 Å². The van der Waals surface area contributed by atoms with Crippen molar-refractivity contribution < 1.29 is 0 Å². The summed E-state index contributed by atoms with van der Waals surface area (Å²) in [7, 11) is 1.81. The monoisotopic (exact) mass is 282 g/mol. The Bertz CT molecular complexity index is 921. The van der Waals surface area contributed by atoms with Gasteiger partial charge in [-0.05, 0) is 12.0 Å². The summed E-state index contributed by atoms with van der Waals surface area (Å²) in [5, 5.41) is 17.5. The fourth-order valence-electron chi connectivity index (χ4n) is 2.40. The maximum absolute atomic E-state index is 12.6. The van der Waals surface area contributed by atoms with Gasteiger partial charge in [0.2, 0.25) is 0 Å². The molecule has 0 radical (unpaired) electrons. The van der Waals surface area contributed by atoms with E-state index in [4.69, 9.17) is 5.26 Å². The van der Waals surface area contributed by atoms with Crippen molar-refractivity contribution in [3.05, 3.63) is 39.9 Å². The zero-order valence-electron chi connectivity index (χ0n) is 12.0. The van der Waals surface area contributed by atoms with E-state index in [-0.39, 0.29) is 11.5 Å². The topological polar surface area (TPSA) is 91.8 Å². The van der Waals surface area contributed by atoms with Gasteiger partial charge in [-0.2, -0.15) is 20.0 Å². The Hall–Kier alpha value is -2.88. The molecule has 0 saturated carbocycles. The zero-order chi connectivity index (χ0) is 15.1. The highest BCUT2D eigenvalue weighted by atomic mass is 16.1. The van der Waals surface area contributed by atoms with E-state index >= 15 is 0 Å². The van der Waals surface area contributed by atoms with Crippen LogP contribution in [0.4, 0.5) is 0 Å². The van der Waals surface area contributed by atoms with E-state index < -0.39 is 0 Å². The lowest BCUT2D eigenvalue weighted by atomic mass is 10.0. The van der Waals surface area contributed by atoms with Crippen LogP contribution in [0, 0.1) is 11.3 Å². The number of hydrogen-bond donors (Lipinski definition) is 1. The molecular formula is C14H14N6O. The minimum Gasteiger partial charge on any atom is -0.337 e. The lowest BCUT2D eigenvalue weighted by Gasteiger charge is -2.11. The summed E-state index contributed by atoms with van der Waals surface area (Å²) < 4.78 is 2.91. The van der Waals surface area contributed by atoms with Crippen LogP contribution in [0.1, 0.15) is 30.9 Å². The maximum Gasteiger partial charge on any atom is 0.278 e. The van der Waals surface area contributed by atoms with Crippen molar-refractivity contribution in [2.45, 2.75) is 19.8 Å². The predicted molar refractivity (Wildman–Crippen MR) is 76.8 cm³/mol. The van der Waals surface area contributed by atoms with Crippen molar-refractivity contribution in [1.82, 2.24) is 24.4 Å². The second kappa shape index (κ2) is 4.59. The zero-order valence-corrected chi connectivity index (χ0v) is 12.0. The molecule has 0 aliphatic rings. The summed E-state index contributed by atoms with van der Waals surface area (Å²) in [6.45, 7) is 3.88. The smallest absolute Gasteiger partial charge is 0.278 e. The molecule has 7 nitrogen and oxygen atoms in total. The van der Waals surface area contributed by atoms with Gasteiger partial charge < -0.3 is 4.98 Å². The van der Waals surface area contributed by atoms with Crippen molar-refractivity contribution >= 4 is 5.65 Å². The van der Waals surface area contributed by atoms with E-state index in [1.165, 1.54) is 10.7 Å². The molecule has 3 heterocycles. The number of fused-ring (bicyclic) bond motifs is 1. The molecule has 0 aliphatic carbocycles. The maximum atomic E-state index is 12.6. The van der Waals surface area contributed by atoms with Gasteiger partial charge in [-0.1, -0.05) is 13.8 Å². The van der Waals surface area contributed by atoms with Gasteiger partial charge in [-0.15, -0.1) is 0 Å². The van der Waals surface area contributed by atoms with Crippen molar-refractivity contribution in [3.8, 4) is 17.5 Å². The first-order valence-electron chi connectivity index (χ1n) is 6.57. The van der Waals surface area contributed by atoms with Crippen LogP contribution in [0.2, 0.25) is 0 Å². The Balaban J connectivity index is 2.44. The van der Waals surface area contributed by atoms with Gasteiger partial charge in [0.15, 0.2) is 5.65 Å². The number of aromatic amines is 1. The molecule has 0 atom stereocenters. The Kier molecular flexibility index (Phi) is 2.87. The molecule has 3 rings (SSSR count). The molecule has 21 heavy (non-hydrogen) atoms. The van der Waals surface area contributed by atoms with Gasteiger partial charge >= 0.3 is 0 Å². The van der Waals surface area contributed by atoms with Crippen LogP contribution in [0.3, 0.4) is 0 Å². The average Bonchev–Trinajstić information content (AvgIpc) is 3.03. The fourth-order valence-corrected chi connectivity index (χ4v) is 2.40. The highest BCUT2D eigenvalue weighted by Gasteiger charge is 2.20. The quantitative estimate of drug-likeness (QED) is 0.769. The predicted octanol–water partition coefficient (Wildman–Crippen LogP) is 1.42. The van der Waals surface area contributed by atoms with E-state index in [1.807, 2.05) is 39.2 Å². The first-order chi connectivity index (χ1) is 10.0. The molecule has 0 saturated heterocycles. The summed E-state index contributed by atoms with van der Waals surface area (Å²) in [4.78, 5) is 15.8. The van der Waals surface area contributed by atoms with Crippen molar-refractivity contribution in [2.75, 3.05) is 0 Å². The van der Waals surface area contributed by atoms with E-state index in [9.17, 15) is 4.79 Å². The molecule has 0 unspecified atom stereocenters. The lowest BCUT2D eigenvalue weighted by molar-refractivity contribution is 0.763. The number of rotatable bonds is 2. The third-order valence-corrected chi connectivity index (χ3v) is 3.37. The number of aryl methyl sites for hydroxylation is 1. The molecule has 1 N–H and O–H groups in total. The van der Waals surface area contributed by atoms with Crippen LogP contribution in [0.25, 0.3) is 17.0 Å².